The van der Waals surface area contributed by atoms with Crippen LogP contribution in [-0.2, 0) is 4.79 Å². The molecule has 19 heavy (non-hydrogen) atoms. The minimum atomic E-state index is -0.169. The van der Waals surface area contributed by atoms with Crippen molar-refractivity contribution in [3.63, 3.8) is 0 Å². The van der Waals surface area contributed by atoms with Gasteiger partial charge in [-0.1, -0.05) is 0 Å². The topological polar surface area (TPSA) is 79.8 Å². The number of carbonyl (C=O) groups is 1. The molecule has 0 radical (unpaired) electrons. The van der Waals surface area contributed by atoms with Crippen molar-refractivity contribution in [1.29, 1.82) is 0 Å². The van der Waals surface area contributed by atoms with Crippen molar-refractivity contribution in [3.8, 4) is 11.5 Å². The maximum Gasteiger partial charge on any atom is 0.238 e. The first-order valence-corrected chi connectivity index (χ1v) is 6.23. The SMILES string of the molecule is CC(CO)NCC(=O)Nc1ccc2c(c1)OCCO2. The first-order valence-electron chi connectivity index (χ1n) is 6.23. The first-order chi connectivity index (χ1) is 9.19. The van der Waals surface area contributed by atoms with E-state index in [1.807, 2.05) is 0 Å². The number of carbonyl (C=O) groups excluding carboxylic acids is 1. The standard InChI is InChI=1S/C13H18N2O4/c1-9(8-16)14-7-13(17)15-10-2-3-11-12(6-10)19-5-4-18-11/h2-3,6,9,14,16H,4-5,7-8H2,1H3,(H,15,17). The zero-order chi connectivity index (χ0) is 13.7. The fourth-order valence-electron chi connectivity index (χ4n) is 1.66. The average Bonchev–Trinajstić information content (AvgIpc) is 2.44. The van der Waals surface area contributed by atoms with Gasteiger partial charge >= 0.3 is 0 Å². The Kier molecular flexibility index (Phi) is 4.59. The number of fused-ring (bicyclic) bond motifs is 1. The Hall–Kier alpha value is -1.79. The highest BCUT2D eigenvalue weighted by Gasteiger charge is 2.12. The number of rotatable bonds is 5. The van der Waals surface area contributed by atoms with Crippen LogP contribution in [0.15, 0.2) is 18.2 Å². The van der Waals surface area contributed by atoms with Crippen LogP contribution in [-0.4, -0.2) is 43.4 Å². The summed E-state index contributed by atoms with van der Waals surface area (Å²) in [5, 5.41) is 14.5. The van der Waals surface area contributed by atoms with E-state index in [0.717, 1.165) is 0 Å². The van der Waals surface area contributed by atoms with Gasteiger partial charge < -0.3 is 25.2 Å². The monoisotopic (exact) mass is 266 g/mol. The van der Waals surface area contributed by atoms with E-state index in [0.29, 0.717) is 30.4 Å². The van der Waals surface area contributed by atoms with E-state index in [2.05, 4.69) is 10.6 Å². The molecular formula is C13H18N2O4. The van der Waals surface area contributed by atoms with Gasteiger partial charge in [0, 0.05) is 17.8 Å². The fraction of sp³-hybridized carbons (Fsp3) is 0.462. The predicted octanol–water partition coefficient (Wildman–Crippen LogP) is 0.367. The van der Waals surface area contributed by atoms with Crippen molar-refractivity contribution >= 4 is 11.6 Å². The molecule has 6 heteroatoms. The number of hydrogen-bond donors (Lipinski definition) is 3. The molecule has 0 spiro atoms. The molecule has 104 valence electrons. The summed E-state index contributed by atoms with van der Waals surface area (Å²) in [6.45, 7) is 3.01. The lowest BCUT2D eigenvalue weighted by molar-refractivity contribution is -0.115. The molecule has 1 unspecified atom stereocenters. The molecular weight excluding hydrogens is 248 g/mol. The number of nitrogens with one attached hydrogen (secondary N) is 2. The van der Waals surface area contributed by atoms with E-state index in [-0.39, 0.29) is 25.1 Å². The Balaban J connectivity index is 1.90. The minimum Gasteiger partial charge on any atom is -0.486 e. The van der Waals surface area contributed by atoms with Gasteiger partial charge in [0.15, 0.2) is 11.5 Å². The van der Waals surface area contributed by atoms with Crippen LogP contribution in [0.4, 0.5) is 5.69 Å². The van der Waals surface area contributed by atoms with Gasteiger partial charge in [-0.05, 0) is 19.1 Å². The summed E-state index contributed by atoms with van der Waals surface area (Å²) in [4.78, 5) is 11.7. The third-order valence-electron chi connectivity index (χ3n) is 2.71. The lowest BCUT2D eigenvalue weighted by atomic mass is 10.2. The number of benzene rings is 1. The third-order valence-corrected chi connectivity index (χ3v) is 2.71. The zero-order valence-corrected chi connectivity index (χ0v) is 10.8. The summed E-state index contributed by atoms with van der Waals surface area (Å²) in [6, 6.07) is 5.17. The number of amides is 1. The summed E-state index contributed by atoms with van der Waals surface area (Å²) in [5.74, 6) is 1.16. The normalized spacial score (nSPS) is 14.8. The van der Waals surface area contributed by atoms with E-state index in [9.17, 15) is 4.79 Å². The second kappa shape index (κ2) is 6.40. The Labute approximate surface area is 111 Å². The number of aliphatic hydroxyl groups excluding tert-OH is 1. The van der Waals surface area contributed by atoms with Crippen molar-refractivity contribution < 1.29 is 19.4 Å². The third kappa shape index (κ3) is 3.84. The van der Waals surface area contributed by atoms with E-state index in [1.54, 1.807) is 25.1 Å². The van der Waals surface area contributed by atoms with Crippen molar-refractivity contribution in [3.05, 3.63) is 18.2 Å². The molecule has 0 saturated carbocycles. The molecule has 1 atom stereocenters. The molecule has 1 amide bonds. The fourth-order valence-corrected chi connectivity index (χ4v) is 1.66. The quantitative estimate of drug-likeness (QED) is 0.717. The molecule has 0 aromatic heterocycles. The Morgan fingerprint density at radius 2 is 2.11 bits per heavy atom. The summed E-state index contributed by atoms with van der Waals surface area (Å²) < 4.78 is 10.8. The summed E-state index contributed by atoms with van der Waals surface area (Å²) in [5.41, 5.74) is 0.660. The van der Waals surface area contributed by atoms with Gasteiger partial charge in [0.1, 0.15) is 13.2 Å². The summed E-state index contributed by atoms with van der Waals surface area (Å²) >= 11 is 0. The van der Waals surface area contributed by atoms with E-state index < -0.39 is 0 Å². The van der Waals surface area contributed by atoms with E-state index >= 15 is 0 Å². The van der Waals surface area contributed by atoms with Crippen molar-refractivity contribution in [2.75, 3.05) is 31.7 Å². The summed E-state index contributed by atoms with van der Waals surface area (Å²) in [7, 11) is 0. The van der Waals surface area contributed by atoms with Gasteiger partial charge in [0.25, 0.3) is 0 Å². The maximum atomic E-state index is 11.7. The predicted molar refractivity (Wildman–Crippen MR) is 70.6 cm³/mol. The Morgan fingerprint density at radius 3 is 2.84 bits per heavy atom. The minimum absolute atomic E-state index is 0.00267. The number of hydrogen-bond acceptors (Lipinski definition) is 5. The molecule has 0 fully saturated rings. The highest BCUT2D eigenvalue weighted by molar-refractivity contribution is 5.92. The number of ether oxygens (including phenoxy) is 2. The molecule has 1 heterocycles. The highest BCUT2D eigenvalue weighted by atomic mass is 16.6. The molecule has 0 aliphatic carbocycles. The maximum absolute atomic E-state index is 11.7. The lowest BCUT2D eigenvalue weighted by Crippen LogP contribution is -2.36. The molecule has 2 rings (SSSR count). The molecule has 1 aromatic rings. The van der Waals surface area contributed by atoms with Gasteiger partial charge in [0.05, 0.1) is 13.2 Å². The van der Waals surface area contributed by atoms with Crippen LogP contribution in [0.25, 0.3) is 0 Å². The second-order valence-corrected chi connectivity index (χ2v) is 4.37. The Morgan fingerprint density at radius 1 is 1.37 bits per heavy atom. The van der Waals surface area contributed by atoms with Crippen molar-refractivity contribution in [2.24, 2.45) is 0 Å². The van der Waals surface area contributed by atoms with E-state index in [1.165, 1.54) is 0 Å². The highest BCUT2D eigenvalue weighted by Crippen LogP contribution is 2.32. The van der Waals surface area contributed by atoms with Gasteiger partial charge in [-0.15, -0.1) is 0 Å². The van der Waals surface area contributed by atoms with Gasteiger partial charge in [-0.25, -0.2) is 0 Å². The smallest absolute Gasteiger partial charge is 0.238 e. The van der Waals surface area contributed by atoms with Crippen LogP contribution in [0.5, 0.6) is 11.5 Å². The first kappa shape index (κ1) is 13.6. The molecule has 3 N–H and O–H groups in total. The van der Waals surface area contributed by atoms with Crippen LogP contribution >= 0.6 is 0 Å². The molecule has 1 aromatic carbocycles. The van der Waals surface area contributed by atoms with Crippen LogP contribution in [0.1, 0.15) is 6.92 Å². The van der Waals surface area contributed by atoms with Crippen LogP contribution in [0.3, 0.4) is 0 Å². The largest absolute Gasteiger partial charge is 0.486 e. The molecule has 1 aliphatic rings. The molecule has 0 saturated heterocycles. The molecule has 0 bridgehead atoms. The average molecular weight is 266 g/mol. The Bertz CT molecular complexity index is 450. The van der Waals surface area contributed by atoms with Crippen molar-refractivity contribution in [1.82, 2.24) is 5.32 Å². The molecule has 6 nitrogen and oxygen atoms in total. The van der Waals surface area contributed by atoms with E-state index in [4.69, 9.17) is 14.6 Å². The van der Waals surface area contributed by atoms with Crippen LogP contribution in [0, 0.1) is 0 Å². The molecule has 1 aliphatic heterocycles. The van der Waals surface area contributed by atoms with Crippen LogP contribution in [0.2, 0.25) is 0 Å². The van der Waals surface area contributed by atoms with Gasteiger partial charge in [-0.3, -0.25) is 4.79 Å². The van der Waals surface area contributed by atoms with Crippen molar-refractivity contribution in [2.45, 2.75) is 13.0 Å². The second-order valence-electron chi connectivity index (χ2n) is 4.37. The van der Waals surface area contributed by atoms with Gasteiger partial charge in [-0.2, -0.15) is 0 Å². The number of anilines is 1. The number of aliphatic hydroxyl groups is 1. The van der Waals surface area contributed by atoms with Crippen LogP contribution < -0.4 is 20.1 Å². The summed E-state index contributed by atoms with van der Waals surface area (Å²) in [6.07, 6.45) is 0. The van der Waals surface area contributed by atoms with Gasteiger partial charge in [0.2, 0.25) is 5.91 Å². The zero-order valence-electron chi connectivity index (χ0n) is 10.8. The lowest BCUT2D eigenvalue weighted by Gasteiger charge is -2.19.